The molecule has 0 radical (unpaired) electrons. The number of aromatic nitrogens is 2. The van der Waals surface area contributed by atoms with Gasteiger partial charge in [-0.25, -0.2) is 0 Å². The first-order chi connectivity index (χ1) is 10.1. The first kappa shape index (κ1) is 14.8. The fraction of sp³-hybridized carbons (Fsp3) is 0.429. The molecule has 21 heavy (non-hydrogen) atoms. The van der Waals surface area contributed by atoms with Gasteiger partial charge in [-0.3, -0.25) is 0 Å². The number of nitrogens with two attached hydrogens (primary N) is 1. The number of hydrogen-bond donors (Lipinski definition) is 1. The molecule has 1 aromatic carbocycles. The highest BCUT2D eigenvalue weighted by Gasteiger charge is 2.21. The average molecular weight is 327 g/mol. The third-order valence-electron chi connectivity index (χ3n) is 3.61. The zero-order valence-corrected chi connectivity index (χ0v) is 12.9. The normalized spacial score (nSPS) is 17.3. The van der Waals surface area contributed by atoms with E-state index in [1.54, 1.807) is 18.2 Å². The number of hydrogen-bond acceptors (Lipinski definition) is 5. The predicted octanol–water partition coefficient (Wildman–Crippen LogP) is 3.14. The minimum Gasteiger partial charge on any atom is -0.334 e. The highest BCUT2D eigenvalue weighted by atomic mass is 35.5. The van der Waals surface area contributed by atoms with Gasteiger partial charge < -0.3 is 15.2 Å². The Bertz CT molecular complexity index is 625. The highest BCUT2D eigenvalue weighted by Crippen LogP contribution is 2.32. The zero-order valence-electron chi connectivity index (χ0n) is 11.4. The Morgan fingerprint density at radius 1 is 1.29 bits per heavy atom. The van der Waals surface area contributed by atoms with Gasteiger partial charge in [0.25, 0.3) is 5.89 Å². The Hall–Kier alpha value is -1.14. The van der Waals surface area contributed by atoms with E-state index in [1.807, 2.05) is 0 Å². The lowest BCUT2D eigenvalue weighted by molar-refractivity contribution is 0.306. The maximum absolute atomic E-state index is 6.15. The minimum absolute atomic E-state index is 0.265. The molecule has 1 saturated heterocycles. The second kappa shape index (κ2) is 6.32. The SMILES string of the molecule is NC(CN1CCCC1)c1noc(-c2cccc(Cl)c2Cl)n1. The number of halogens is 2. The molecule has 0 saturated carbocycles. The molecule has 2 N–H and O–H groups in total. The van der Waals surface area contributed by atoms with Crippen LogP contribution in [0.3, 0.4) is 0 Å². The molecule has 0 spiro atoms. The summed E-state index contributed by atoms with van der Waals surface area (Å²) in [5.41, 5.74) is 6.77. The second-order valence-corrected chi connectivity index (χ2v) is 5.96. The second-order valence-electron chi connectivity index (χ2n) is 5.17. The van der Waals surface area contributed by atoms with E-state index in [2.05, 4.69) is 15.0 Å². The van der Waals surface area contributed by atoms with Crippen LogP contribution in [-0.2, 0) is 0 Å². The lowest BCUT2D eigenvalue weighted by Gasteiger charge is -2.17. The van der Waals surface area contributed by atoms with Crippen molar-refractivity contribution in [2.24, 2.45) is 5.73 Å². The van der Waals surface area contributed by atoms with Crippen molar-refractivity contribution >= 4 is 23.2 Å². The van der Waals surface area contributed by atoms with Crippen LogP contribution in [0.2, 0.25) is 10.0 Å². The Labute approximate surface area is 133 Å². The van der Waals surface area contributed by atoms with Gasteiger partial charge in [0, 0.05) is 6.54 Å². The van der Waals surface area contributed by atoms with Crippen LogP contribution in [0.1, 0.15) is 24.7 Å². The summed E-state index contributed by atoms with van der Waals surface area (Å²) >= 11 is 12.1. The molecule has 3 rings (SSSR count). The van der Waals surface area contributed by atoms with Crippen LogP contribution in [0.5, 0.6) is 0 Å². The molecule has 1 aromatic heterocycles. The summed E-state index contributed by atoms with van der Waals surface area (Å²) in [5, 5.41) is 4.82. The summed E-state index contributed by atoms with van der Waals surface area (Å²) in [7, 11) is 0. The molecule has 1 aliphatic rings. The van der Waals surface area contributed by atoms with Crippen LogP contribution >= 0.6 is 23.2 Å². The summed E-state index contributed by atoms with van der Waals surface area (Å²) < 4.78 is 5.27. The Morgan fingerprint density at radius 3 is 2.81 bits per heavy atom. The van der Waals surface area contributed by atoms with E-state index in [9.17, 15) is 0 Å². The molecular weight excluding hydrogens is 311 g/mol. The van der Waals surface area contributed by atoms with Gasteiger partial charge in [0.05, 0.1) is 21.7 Å². The van der Waals surface area contributed by atoms with Crippen molar-refractivity contribution in [3.05, 3.63) is 34.1 Å². The molecule has 0 bridgehead atoms. The van der Waals surface area contributed by atoms with E-state index in [0.29, 0.717) is 27.3 Å². The summed E-state index contributed by atoms with van der Waals surface area (Å²) in [4.78, 5) is 6.66. The van der Waals surface area contributed by atoms with Crippen LogP contribution in [0.4, 0.5) is 0 Å². The molecule has 2 aromatic rings. The maximum atomic E-state index is 6.15. The molecule has 1 aliphatic heterocycles. The minimum atomic E-state index is -0.265. The predicted molar refractivity (Wildman–Crippen MR) is 82.4 cm³/mol. The number of rotatable bonds is 4. The third-order valence-corrected chi connectivity index (χ3v) is 4.43. The molecule has 112 valence electrons. The molecule has 5 nitrogen and oxygen atoms in total. The quantitative estimate of drug-likeness (QED) is 0.934. The van der Waals surface area contributed by atoms with Gasteiger partial charge in [-0.05, 0) is 38.1 Å². The van der Waals surface area contributed by atoms with Crippen LogP contribution < -0.4 is 5.73 Å². The molecule has 1 fully saturated rings. The van der Waals surface area contributed by atoms with E-state index in [1.165, 1.54) is 12.8 Å². The van der Waals surface area contributed by atoms with Crippen molar-refractivity contribution in [2.45, 2.75) is 18.9 Å². The molecular formula is C14H16Cl2N4O. The molecule has 2 heterocycles. The van der Waals surface area contributed by atoms with Crippen LogP contribution in [0.25, 0.3) is 11.5 Å². The van der Waals surface area contributed by atoms with Crippen molar-refractivity contribution in [3.8, 4) is 11.5 Å². The van der Waals surface area contributed by atoms with E-state index < -0.39 is 0 Å². The van der Waals surface area contributed by atoms with Crippen molar-refractivity contribution in [1.29, 1.82) is 0 Å². The summed E-state index contributed by atoms with van der Waals surface area (Å²) in [5.74, 6) is 0.835. The van der Waals surface area contributed by atoms with E-state index in [-0.39, 0.29) is 6.04 Å². The van der Waals surface area contributed by atoms with Gasteiger partial charge in [-0.15, -0.1) is 0 Å². The van der Waals surface area contributed by atoms with Gasteiger partial charge in [-0.1, -0.05) is 34.4 Å². The lowest BCUT2D eigenvalue weighted by atomic mass is 10.2. The number of nitrogens with zero attached hydrogens (tertiary/aromatic N) is 3. The average Bonchev–Trinajstić information content (AvgIpc) is 3.12. The highest BCUT2D eigenvalue weighted by molar-refractivity contribution is 6.43. The molecule has 7 heteroatoms. The fourth-order valence-corrected chi connectivity index (χ4v) is 2.87. The smallest absolute Gasteiger partial charge is 0.259 e. The zero-order chi connectivity index (χ0) is 14.8. The van der Waals surface area contributed by atoms with Gasteiger partial charge >= 0.3 is 0 Å². The van der Waals surface area contributed by atoms with E-state index >= 15 is 0 Å². The van der Waals surface area contributed by atoms with E-state index in [0.717, 1.165) is 19.6 Å². The van der Waals surface area contributed by atoms with Gasteiger partial charge in [0.2, 0.25) is 0 Å². The van der Waals surface area contributed by atoms with Crippen molar-refractivity contribution < 1.29 is 4.52 Å². The standard InChI is InChI=1S/C14H16Cl2N4O/c15-10-5-3-4-9(12(10)16)14-18-13(19-21-14)11(17)8-20-6-1-2-7-20/h3-5,11H,1-2,6-8,17H2. The third kappa shape index (κ3) is 3.21. The number of benzene rings is 1. The molecule has 0 amide bonds. The topological polar surface area (TPSA) is 68.2 Å². The molecule has 1 unspecified atom stereocenters. The first-order valence-corrected chi connectivity index (χ1v) is 7.66. The summed E-state index contributed by atoms with van der Waals surface area (Å²) in [6.45, 7) is 2.90. The van der Waals surface area contributed by atoms with Gasteiger partial charge in [-0.2, -0.15) is 4.98 Å². The van der Waals surface area contributed by atoms with Crippen molar-refractivity contribution in [3.63, 3.8) is 0 Å². The van der Waals surface area contributed by atoms with Crippen LogP contribution in [0.15, 0.2) is 22.7 Å². The Kier molecular flexibility index (Phi) is 4.45. The number of likely N-dealkylation sites (tertiary alicyclic amines) is 1. The Morgan fingerprint density at radius 2 is 2.05 bits per heavy atom. The van der Waals surface area contributed by atoms with Gasteiger partial charge in [0.1, 0.15) is 0 Å². The largest absolute Gasteiger partial charge is 0.334 e. The summed E-state index contributed by atoms with van der Waals surface area (Å²) in [6.07, 6.45) is 2.45. The maximum Gasteiger partial charge on any atom is 0.259 e. The van der Waals surface area contributed by atoms with Crippen molar-refractivity contribution in [1.82, 2.24) is 15.0 Å². The van der Waals surface area contributed by atoms with Crippen LogP contribution in [-0.4, -0.2) is 34.7 Å². The van der Waals surface area contributed by atoms with E-state index in [4.69, 9.17) is 33.5 Å². The monoisotopic (exact) mass is 326 g/mol. The van der Waals surface area contributed by atoms with Crippen molar-refractivity contribution in [2.75, 3.05) is 19.6 Å². The molecule has 1 atom stereocenters. The Balaban J connectivity index is 1.77. The van der Waals surface area contributed by atoms with Gasteiger partial charge in [0.15, 0.2) is 5.82 Å². The molecule has 0 aliphatic carbocycles. The first-order valence-electron chi connectivity index (χ1n) is 6.91. The summed E-state index contributed by atoms with van der Waals surface area (Å²) in [6, 6.07) is 5.03. The fourth-order valence-electron chi connectivity index (χ4n) is 2.49. The van der Waals surface area contributed by atoms with Crippen LogP contribution in [0, 0.1) is 0 Å². The lowest BCUT2D eigenvalue weighted by Crippen LogP contribution is -2.30.